The van der Waals surface area contributed by atoms with Crippen molar-refractivity contribution in [3.8, 4) is 0 Å². The van der Waals surface area contributed by atoms with Crippen molar-refractivity contribution in [2.75, 3.05) is 33.5 Å². The topological polar surface area (TPSA) is 27.7 Å². The van der Waals surface area contributed by atoms with Gasteiger partial charge in [-0.15, -0.1) is 0 Å². The molecule has 3 heteroatoms. The van der Waals surface area contributed by atoms with Gasteiger partial charge in [-0.3, -0.25) is 0 Å². The van der Waals surface area contributed by atoms with Crippen LogP contribution in [0.1, 0.15) is 25.3 Å². The van der Waals surface area contributed by atoms with E-state index in [0.29, 0.717) is 19.0 Å². The lowest BCUT2D eigenvalue weighted by Crippen LogP contribution is -2.03. The lowest BCUT2D eigenvalue weighted by atomic mass is 10.1. The highest BCUT2D eigenvalue weighted by molar-refractivity contribution is 5.74. The minimum Gasteiger partial charge on any atom is -0.494 e. The van der Waals surface area contributed by atoms with Crippen molar-refractivity contribution in [1.29, 1.82) is 0 Å². The molecule has 1 rings (SSSR count). The van der Waals surface area contributed by atoms with Crippen molar-refractivity contribution in [1.82, 2.24) is 0 Å². The van der Waals surface area contributed by atoms with Gasteiger partial charge in [0.2, 0.25) is 0 Å². The monoisotopic (exact) mass is 316 g/mol. The van der Waals surface area contributed by atoms with E-state index in [9.17, 15) is 0 Å². The highest BCUT2D eigenvalue weighted by atomic mass is 16.5. The van der Waals surface area contributed by atoms with Crippen molar-refractivity contribution in [3.63, 3.8) is 0 Å². The summed E-state index contributed by atoms with van der Waals surface area (Å²) in [6.07, 6.45) is 7.79. The van der Waals surface area contributed by atoms with Crippen LogP contribution in [0.4, 0.5) is 0 Å². The highest BCUT2D eigenvalue weighted by Gasteiger charge is 1.96. The lowest BCUT2D eigenvalue weighted by Gasteiger charge is -2.07. The first kappa shape index (κ1) is 19.2. The third-order valence-electron chi connectivity index (χ3n) is 3.22. The van der Waals surface area contributed by atoms with Crippen LogP contribution < -0.4 is 0 Å². The van der Waals surface area contributed by atoms with Gasteiger partial charge in [0.25, 0.3) is 0 Å². The average molecular weight is 316 g/mol. The van der Waals surface area contributed by atoms with Crippen LogP contribution >= 0.6 is 0 Å². The molecule has 0 radical (unpaired) electrons. The van der Waals surface area contributed by atoms with Gasteiger partial charge in [0.1, 0.15) is 5.76 Å². The number of methoxy groups -OCH3 is 1. The lowest BCUT2D eigenvalue weighted by molar-refractivity contribution is 0.0878. The zero-order chi connectivity index (χ0) is 16.8. The van der Waals surface area contributed by atoms with Crippen molar-refractivity contribution in [3.05, 3.63) is 66.5 Å². The molecule has 1 aromatic carbocycles. The highest BCUT2D eigenvalue weighted by Crippen LogP contribution is 2.16. The Bertz CT molecular complexity index is 489. The van der Waals surface area contributed by atoms with Crippen LogP contribution in [0.25, 0.3) is 5.57 Å². The number of rotatable bonds is 12. The van der Waals surface area contributed by atoms with Crippen LogP contribution in [-0.2, 0) is 14.2 Å². The van der Waals surface area contributed by atoms with E-state index in [1.165, 1.54) is 5.56 Å². The molecule has 0 bridgehead atoms. The van der Waals surface area contributed by atoms with Gasteiger partial charge in [0, 0.05) is 33.4 Å². The summed E-state index contributed by atoms with van der Waals surface area (Å²) in [7, 11) is 1.70. The molecular weight excluding hydrogens is 288 g/mol. The molecule has 0 fully saturated rings. The summed E-state index contributed by atoms with van der Waals surface area (Å²) in [6.45, 7) is 8.73. The summed E-state index contributed by atoms with van der Waals surface area (Å²) < 4.78 is 16.0. The first-order chi connectivity index (χ1) is 11.3. The van der Waals surface area contributed by atoms with Gasteiger partial charge in [0.15, 0.2) is 0 Å². The molecule has 0 amide bonds. The number of ether oxygens (including phenoxy) is 3. The molecule has 0 saturated heterocycles. The zero-order valence-electron chi connectivity index (χ0n) is 14.3. The molecule has 1 aromatic rings. The summed E-state index contributed by atoms with van der Waals surface area (Å²) in [5.74, 6) is 0.666. The second kappa shape index (κ2) is 12.7. The number of hydrogen-bond donors (Lipinski definition) is 0. The number of allylic oxidation sites excluding steroid dienone is 4. The molecule has 23 heavy (non-hydrogen) atoms. The van der Waals surface area contributed by atoms with Crippen LogP contribution in [-0.4, -0.2) is 33.5 Å². The van der Waals surface area contributed by atoms with E-state index in [0.717, 1.165) is 31.6 Å². The SMILES string of the molecule is C=C(/C=C\C(=C/C)c1ccccc1)OCCCOCCCOC. The largest absolute Gasteiger partial charge is 0.494 e. The van der Waals surface area contributed by atoms with E-state index < -0.39 is 0 Å². The maximum Gasteiger partial charge on any atom is 0.112 e. The van der Waals surface area contributed by atoms with E-state index in [2.05, 4.69) is 24.8 Å². The molecule has 0 spiro atoms. The van der Waals surface area contributed by atoms with Crippen LogP contribution in [0.3, 0.4) is 0 Å². The smallest absolute Gasteiger partial charge is 0.112 e. The predicted octanol–water partition coefficient (Wildman–Crippen LogP) is 4.62. The van der Waals surface area contributed by atoms with Gasteiger partial charge >= 0.3 is 0 Å². The molecule has 0 atom stereocenters. The van der Waals surface area contributed by atoms with Gasteiger partial charge in [-0.2, -0.15) is 0 Å². The number of benzene rings is 1. The minimum atomic E-state index is 0.615. The fourth-order valence-electron chi connectivity index (χ4n) is 1.99. The molecule has 0 saturated carbocycles. The third kappa shape index (κ3) is 9.01. The Morgan fingerprint density at radius 2 is 1.70 bits per heavy atom. The summed E-state index contributed by atoms with van der Waals surface area (Å²) in [6, 6.07) is 10.3. The molecule has 126 valence electrons. The maximum absolute atomic E-state index is 5.59. The van der Waals surface area contributed by atoms with Gasteiger partial charge in [0.05, 0.1) is 6.61 Å². The van der Waals surface area contributed by atoms with Gasteiger partial charge in [-0.25, -0.2) is 0 Å². The summed E-state index contributed by atoms with van der Waals surface area (Å²) in [5.41, 5.74) is 2.33. The molecule has 3 nitrogen and oxygen atoms in total. The van der Waals surface area contributed by atoms with E-state index in [1.54, 1.807) is 7.11 Å². The second-order valence-corrected chi connectivity index (χ2v) is 5.07. The zero-order valence-corrected chi connectivity index (χ0v) is 14.3. The molecule has 0 N–H and O–H groups in total. The number of hydrogen-bond acceptors (Lipinski definition) is 3. The van der Waals surface area contributed by atoms with E-state index in [1.807, 2.05) is 37.3 Å². The molecular formula is C20H28O3. The van der Waals surface area contributed by atoms with Crippen molar-refractivity contribution in [2.24, 2.45) is 0 Å². The first-order valence-electron chi connectivity index (χ1n) is 8.06. The Kier molecular flexibility index (Phi) is 10.6. The predicted molar refractivity (Wildman–Crippen MR) is 96.3 cm³/mol. The van der Waals surface area contributed by atoms with Crippen molar-refractivity contribution < 1.29 is 14.2 Å². The second-order valence-electron chi connectivity index (χ2n) is 5.07. The maximum atomic E-state index is 5.59. The first-order valence-corrected chi connectivity index (χ1v) is 8.06. The van der Waals surface area contributed by atoms with Crippen molar-refractivity contribution >= 4 is 5.57 Å². The third-order valence-corrected chi connectivity index (χ3v) is 3.22. The Morgan fingerprint density at radius 1 is 1.00 bits per heavy atom. The van der Waals surface area contributed by atoms with Crippen LogP contribution in [0.2, 0.25) is 0 Å². The molecule has 0 unspecified atom stereocenters. The standard InChI is InChI=1S/C20H28O3/c1-4-19(20-10-6-5-7-11-20)13-12-18(2)23-17-9-16-22-15-8-14-21-3/h4-7,10-13H,2,8-9,14-17H2,1,3H3/b13-12-,19-4+. The van der Waals surface area contributed by atoms with Crippen LogP contribution in [0, 0.1) is 0 Å². The minimum absolute atomic E-state index is 0.615. The van der Waals surface area contributed by atoms with E-state index >= 15 is 0 Å². The summed E-state index contributed by atoms with van der Waals surface area (Å²) in [4.78, 5) is 0. The van der Waals surface area contributed by atoms with Crippen molar-refractivity contribution in [2.45, 2.75) is 19.8 Å². The average Bonchev–Trinajstić information content (AvgIpc) is 2.59. The molecule has 0 aromatic heterocycles. The Morgan fingerprint density at radius 3 is 2.35 bits per heavy atom. The summed E-state index contributed by atoms with van der Waals surface area (Å²) in [5, 5.41) is 0. The van der Waals surface area contributed by atoms with E-state index in [4.69, 9.17) is 14.2 Å². The van der Waals surface area contributed by atoms with Crippen LogP contribution in [0.15, 0.2) is 60.9 Å². The van der Waals surface area contributed by atoms with Crippen LogP contribution in [0.5, 0.6) is 0 Å². The Labute approximate surface area is 140 Å². The van der Waals surface area contributed by atoms with Gasteiger partial charge < -0.3 is 14.2 Å². The fourth-order valence-corrected chi connectivity index (χ4v) is 1.99. The molecule has 0 aliphatic heterocycles. The molecule has 0 heterocycles. The molecule has 0 aliphatic rings. The quantitative estimate of drug-likeness (QED) is 0.320. The Balaban J connectivity index is 2.20. The normalized spacial score (nSPS) is 11.8. The summed E-state index contributed by atoms with van der Waals surface area (Å²) >= 11 is 0. The Hall–Kier alpha value is -1.84. The fraction of sp³-hybridized carbons (Fsp3) is 0.400. The van der Waals surface area contributed by atoms with Gasteiger partial charge in [-0.1, -0.05) is 49.1 Å². The molecule has 0 aliphatic carbocycles. The van der Waals surface area contributed by atoms with E-state index in [-0.39, 0.29) is 0 Å². The van der Waals surface area contributed by atoms with Gasteiger partial charge in [-0.05, 0) is 30.6 Å².